The Kier molecular flexibility index (Phi) is 5.02. The molecule has 0 aromatic heterocycles. The minimum absolute atomic E-state index is 0.834. The van der Waals surface area contributed by atoms with Crippen molar-refractivity contribution < 1.29 is 0 Å². The molecule has 0 spiro atoms. The fraction of sp³-hybridized carbons (Fsp3) is 0.600. The lowest BCUT2D eigenvalue weighted by Crippen LogP contribution is -2.36. The Bertz CT molecular complexity index is 329. The molecule has 1 aromatic carbocycles. The van der Waals surface area contributed by atoms with Crippen LogP contribution in [0.1, 0.15) is 24.0 Å². The monoisotopic (exact) mass is 232 g/mol. The molecule has 1 saturated heterocycles. The molecule has 0 saturated carbocycles. The van der Waals surface area contributed by atoms with Gasteiger partial charge in [-0.25, -0.2) is 0 Å². The first-order valence-electron chi connectivity index (χ1n) is 6.81. The van der Waals surface area contributed by atoms with Gasteiger partial charge in [-0.05, 0) is 63.8 Å². The maximum absolute atomic E-state index is 3.58. The summed E-state index contributed by atoms with van der Waals surface area (Å²) in [6, 6.07) is 8.81. The van der Waals surface area contributed by atoms with E-state index < -0.39 is 0 Å². The second-order valence-corrected chi connectivity index (χ2v) is 5.16. The molecule has 0 bridgehead atoms. The predicted molar refractivity (Wildman–Crippen MR) is 73.3 cm³/mol. The summed E-state index contributed by atoms with van der Waals surface area (Å²) in [7, 11) is 0. The van der Waals surface area contributed by atoms with E-state index in [1.165, 1.54) is 43.6 Å². The highest BCUT2D eigenvalue weighted by molar-refractivity contribution is 5.22. The van der Waals surface area contributed by atoms with E-state index in [2.05, 4.69) is 41.8 Å². The zero-order valence-electron chi connectivity index (χ0n) is 10.8. The Morgan fingerprint density at radius 2 is 2.35 bits per heavy atom. The molecule has 1 fully saturated rings. The molecule has 17 heavy (non-hydrogen) atoms. The first-order chi connectivity index (χ1) is 8.34. The SMILES string of the molecule is Cc1cccc(CCNCC2CCCNC2)c1. The molecule has 1 aliphatic rings. The van der Waals surface area contributed by atoms with Crippen molar-refractivity contribution in [1.82, 2.24) is 10.6 Å². The molecule has 1 unspecified atom stereocenters. The number of piperidine rings is 1. The highest BCUT2D eigenvalue weighted by atomic mass is 14.9. The Labute approximate surface area is 105 Å². The minimum Gasteiger partial charge on any atom is -0.316 e. The summed E-state index contributed by atoms with van der Waals surface area (Å²) >= 11 is 0. The quantitative estimate of drug-likeness (QED) is 0.760. The topological polar surface area (TPSA) is 24.1 Å². The fourth-order valence-electron chi connectivity index (χ4n) is 2.50. The Morgan fingerprint density at radius 1 is 1.41 bits per heavy atom. The molecule has 0 radical (unpaired) electrons. The zero-order valence-corrected chi connectivity index (χ0v) is 10.8. The third kappa shape index (κ3) is 4.49. The van der Waals surface area contributed by atoms with Gasteiger partial charge in [0.25, 0.3) is 0 Å². The van der Waals surface area contributed by atoms with Crippen molar-refractivity contribution in [3.8, 4) is 0 Å². The maximum Gasteiger partial charge on any atom is -0.000823 e. The van der Waals surface area contributed by atoms with Crippen molar-refractivity contribution in [3.63, 3.8) is 0 Å². The van der Waals surface area contributed by atoms with Gasteiger partial charge in [-0.15, -0.1) is 0 Å². The van der Waals surface area contributed by atoms with E-state index in [0.29, 0.717) is 0 Å². The van der Waals surface area contributed by atoms with Gasteiger partial charge >= 0.3 is 0 Å². The Hall–Kier alpha value is -0.860. The van der Waals surface area contributed by atoms with E-state index >= 15 is 0 Å². The van der Waals surface area contributed by atoms with E-state index in [-0.39, 0.29) is 0 Å². The largest absolute Gasteiger partial charge is 0.316 e. The van der Waals surface area contributed by atoms with Crippen LogP contribution in [0.2, 0.25) is 0 Å². The van der Waals surface area contributed by atoms with Gasteiger partial charge in [-0.3, -0.25) is 0 Å². The number of hydrogen-bond donors (Lipinski definition) is 2. The van der Waals surface area contributed by atoms with Gasteiger partial charge in [-0.2, -0.15) is 0 Å². The number of nitrogens with one attached hydrogen (secondary N) is 2. The lowest BCUT2D eigenvalue weighted by molar-refractivity contribution is 0.361. The lowest BCUT2D eigenvalue weighted by Gasteiger charge is -2.22. The minimum atomic E-state index is 0.834. The van der Waals surface area contributed by atoms with Crippen LogP contribution >= 0.6 is 0 Å². The number of benzene rings is 1. The summed E-state index contributed by atoms with van der Waals surface area (Å²) < 4.78 is 0. The van der Waals surface area contributed by atoms with Crippen LogP contribution in [0.15, 0.2) is 24.3 Å². The first-order valence-corrected chi connectivity index (χ1v) is 6.81. The van der Waals surface area contributed by atoms with Crippen molar-refractivity contribution in [1.29, 1.82) is 0 Å². The second-order valence-electron chi connectivity index (χ2n) is 5.16. The summed E-state index contributed by atoms with van der Waals surface area (Å²) in [6.07, 6.45) is 3.86. The molecule has 94 valence electrons. The zero-order chi connectivity index (χ0) is 11.9. The van der Waals surface area contributed by atoms with Gasteiger partial charge < -0.3 is 10.6 Å². The summed E-state index contributed by atoms with van der Waals surface area (Å²) in [5.74, 6) is 0.834. The normalized spacial score (nSPS) is 20.4. The van der Waals surface area contributed by atoms with Gasteiger partial charge in [0, 0.05) is 0 Å². The number of hydrogen-bond acceptors (Lipinski definition) is 2. The van der Waals surface area contributed by atoms with Gasteiger partial charge in [0.2, 0.25) is 0 Å². The summed E-state index contributed by atoms with van der Waals surface area (Å²) in [5, 5.41) is 7.04. The van der Waals surface area contributed by atoms with Crippen LogP contribution in [0.4, 0.5) is 0 Å². The lowest BCUT2D eigenvalue weighted by atomic mass is 10.00. The first kappa shape index (κ1) is 12.6. The van der Waals surface area contributed by atoms with Gasteiger partial charge in [-0.1, -0.05) is 29.8 Å². The summed E-state index contributed by atoms with van der Waals surface area (Å²) in [4.78, 5) is 0. The molecule has 2 nitrogen and oxygen atoms in total. The average Bonchev–Trinajstić information content (AvgIpc) is 2.36. The fourth-order valence-corrected chi connectivity index (χ4v) is 2.50. The molecule has 0 amide bonds. The number of rotatable bonds is 5. The van der Waals surface area contributed by atoms with Gasteiger partial charge in [0.15, 0.2) is 0 Å². The molecule has 2 heteroatoms. The van der Waals surface area contributed by atoms with E-state index in [0.717, 1.165) is 18.9 Å². The number of aryl methyl sites for hydroxylation is 1. The van der Waals surface area contributed by atoms with Crippen LogP contribution in [0.5, 0.6) is 0 Å². The standard InChI is InChI=1S/C15H24N2/c1-13-4-2-5-14(10-13)7-9-17-12-15-6-3-8-16-11-15/h2,4-5,10,15-17H,3,6-9,11-12H2,1H3. The summed E-state index contributed by atoms with van der Waals surface area (Å²) in [6.45, 7) is 6.82. The van der Waals surface area contributed by atoms with E-state index in [9.17, 15) is 0 Å². The van der Waals surface area contributed by atoms with Crippen molar-refractivity contribution >= 4 is 0 Å². The van der Waals surface area contributed by atoms with Crippen molar-refractivity contribution in [2.24, 2.45) is 5.92 Å². The van der Waals surface area contributed by atoms with Crippen molar-refractivity contribution in [3.05, 3.63) is 35.4 Å². The average molecular weight is 232 g/mol. The molecule has 0 aliphatic carbocycles. The second kappa shape index (κ2) is 6.77. The molecule has 1 aliphatic heterocycles. The molecular weight excluding hydrogens is 208 g/mol. The van der Waals surface area contributed by atoms with E-state index in [1.807, 2.05) is 0 Å². The molecule has 2 N–H and O–H groups in total. The Balaban J connectivity index is 1.62. The van der Waals surface area contributed by atoms with E-state index in [1.54, 1.807) is 0 Å². The van der Waals surface area contributed by atoms with Crippen molar-refractivity contribution in [2.75, 3.05) is 26.2 Å². The molecule has 1 aromatic rings. The summed E-state index contributed by atoms with van der Waals surface area (Å²) in [5.41, 5.74) is 2.80. The molecule has 1 atom stereocenters. The van der Waals surface area contributed by atoms with Crippen LogP contribution in [0, 0.1) is 12.8 Å². The predicted octanol–water partition coefficient (Wildman–Crippen LogP) is 2.13. The van der Waals surface area contributed by atoms with Gasteiger partial charge in [0.05, 0.1) is 0 Å². The van der Waals surface area contributed by atoms with Crippen LogP contribution in [-0.4, -0.2) is 26.2 Å². The van der Waals surface area contributed by atoms with Crippen molar-refractivity contribution in [2.45, 2.75) is 26.2 Å². The third-order valence-electron chi connectivity index (χ3n) is 3.50. The van der Waals surface area contributed by atoms with Gasteiger partial charge in [0.1, 0.15) is 0 Å². The van der Waals surface area contributed by atoms with E-state index in [4.69, 9.17) is 0 Å². The van der Waals surface area contributed by atoms with Crippen LogP contribution in [0.3, 0.4) is 0 Å². The molecule has 2 rings (SSSR count). The Morgan fingerprint density at radius 3 is 3.12 bits per heavy atom. The maximum atomic E-state index is 3.58. The smallest absolute Gasteiger partial charge is 0.000823 e. The molecule has 1 heterocycles. The molecular formula is C15H24N2. The van der Waals surface area contributed by atoms with Crippen LogP contribution in [-0.2, 0) is 6.42 Å². The third-order valence-corrected chi connectivity index (χ3v) is 3.50. The van der Waals surface area contributed by atoms with Crippen LogP contribution < -0.4 is 10.6 Å². The highest BCUT2D eigenvalue weighted by Gasteiger charge is 2.11. The highest BCUT2D eigenvalue weighted by Crippen LogP contribution is 2.08. The van der Waals surface area contributed by atoms with Crippen LogP contribution in [0.25, 0.3) is 0 Å².